The predicted molar refractivity (Wildman–Crippen MR) is 65.0 cm³/mol. The number of amides is 1. The fourth-order valence-corrected chi connectivity index (χ4v) is 2.35. The normalized spacial score (nSPS) is 16.2. The van der Waals surface area contributed by atoms with Crippen molar-refractivity contribution in [1.82, 2.24) is 35.1 Å². The highest BCUT2D eigenvalue weighted by Gasteiger charge is 2.27. The van der Waals surface area contributed by atoms with E-state index in [9.17, 15) is 4.79 Å². The molecule has 1 aliphatic heterocycles. The van der Waals surface area contributed by atoms with E-state index in [0.717, 1.165) is 23.6 Å². The van der Waals surface area contributed by atoms with Crippen LogP contribution in [0.4, 0.5) is 0 Å². The number of hydrogen-bond acceptors (Lipinski definition) is 5. The van der Waals surface area contributed by atoms with Crippen molar-refractivity contribution in [2.45, 2.75) is 32.9 Å². The molecular formula is C11H15N7O. The first-order valence-electron chi connectivity index (χ1n) is 6.21. The van der Waals surface area contributed by atoms with Crippen LogP contribution >= 0.6 is 0 Å². The van der Waals surface area contributed by atoms with Crippen LogP contribution < -0.4 is 0 Å². The second kappa shape index (κ2) is 4.45. The largest absolute Gasteiger partial charge is 0.344 e. The number of nitrogens with zero attached hydrogens (tertiary/aromatic N) is 6. The molecule has 0 saturated carbocycles. The molecule has 19 heavy (non-hydrogen) atoms. The molecule has 3 heterocycles. The third kappa shape index (κ3) is 2.09. The molecular weight excluding hydrogens is 246 g/mol. The van der Waals surface area contributed by atoms with Gasteiger partial charge in [0.05, 0.1) is 17.9 Å². The van der Waals surface area contributed by atoms with Crippen LogP contribution in [0.3, 0.4) is 0 Å². The van der Waals surface area contributed by atoms with E-state index >= 15 is 0 Å². The number of aryl methyl sites for hydroxylation is 1. The van der Waals surface area contributed by atoms with E-state index in [1.54, 1.807) is 6.92 Å². The summed E-state index contributed by atoms with van der Waals surface area (Å²) in [5, 5.41) is 10.9. The lowest BCUT2D eigenvalue weighted by atomic mass is 10.1. The number of hydrogen-bond donors (Lipinski definition) is 1. The van der Waals surface area contributed by atoms with Crippen LogP contribution in [0.5, 0.6) is 0 Å². The number of aromatic nitrogens is 6. The summed E-state index contributed by atoms with van der Waals surface area (Å²) in [5.74, 6) is 0.915. The van der Waals surface area contributed by atoms with Gasteiger partial charge in [0.1, 0.15) is 18.2 Å². The first-order chi connectivity index (χ1) is 9.15. The van der Waals surface area contributed by atoms with Gasteiger partial charge in [0.15, 0.2) is 0 Å². The Morgan fingerprint density at radius 3 is 3.11 bits per heavy atom. The maximum atomic E-state index is 12.4. The van der Waals surface area contributed by atoms with Gasteiger partial charge in [0, 0.05) is 13.0 Å². The highest BCUT2D eigenvalue weighted by atomic mass is 16.2. The topological polar surface area (TPSA) is 92.6 Å². The molecule has 1 aliphatic rings. The van der Waals surface area contributed by atoms with Crippen molar-refractivity contribution in [2.75, 3.05) is 6.54 Å². The Morgan fingerprint density at radius 1 is 1.53 bits per heavy atom. The Morgan fingerprint density at radius 2 is 2.37 bits per heavy atom. The number of fused-ring (bicyclic) bond motifs is 1. The van der Waals surface area contributed by atoms with Crippen LogP contribution in [-0.2, 0) is 17.8 Å². The molecule has 100 valence electrons. The molecule has 1 atom stereocenters. The van der Waals surface area contributed by atoms with Gasteiger partial charge < -0.3 is 9.88 Å². The molecule has 0 fully saturated rings. The molecule has 1 amide bonds. The van der Waals surface area contributed by atoms with Gasteiger partial charge in [-0.25, -0.2) is 9.67 Å². The summed E-state index contributed by atoms with van der Waals surface area (Å²) in [7, 11) is 0. The van der Waals surface area contributed by atoms with Crippen LogP contribution in [0, 0.1) is 6.92 Å². The third-order valence-corrected chi connectivity index (χ3v) is 3.38. The Balaban J connectivity index is 1.76. The highest BCUT2D eigenvalue weighted by Crippen LogP contribution is 2.19. The molecule has 0 bridgehead atoms. The molecule has 3 rings (SSSR count). The van der Waals surface area contributed by atoms with E-state index in [0.29, 0.717) is 13.1 Å². The molecule has 2 aromatic heterocycles. The van der Waals surface area contributed by atoms with Crippen molar-refractivity contribution in [3.05, 3.63) is 23.5 Å². The smallest absolute Gasteiger partial charge is 0.247 e. The van der Waals surface area contributed by atoms with Crippen LogP contribution in [0.2, 0.25) is 0 Å². The summed E-state index contributed by atoms with van der Waals surface area (Å²) in [5.41, 5.74) is 2.10. The Bertz CT molecular complexity index is 588. The molecule has 2 aromatic rings. The van der Waals surface area contributed by atoms with E-state index in [-0.39, 0.29) is 11.9 Å². The fraction of sp³-hybridized carbons (Fsp3) is 0.545. The highest BCUT2D eigenvalue weighted by molar-refractivity contribution is 5.80. The van der Waals surface area contributed by atoms with Crippen LogP contribution in [0.15, 0.2) is 6.33 Å². The van der Waals surface area contributed by atoms with Crippen molar-refractivity contribution in [1.29, 1.82) is 0 Å². The molecule has 0 unspecified atom stereocenters. The number of aromatic amines is 1. The predicted octanol–water partition coefficient (Wildman–Crippen LogP) is -0.149. The van der Waals surface area contributed by atoms with Crippen molar-refractivity contribution >= 4 is 5.91 Å². The van der Waals surface area contributed by atoms with E-state index in [1.807, 2.05) is 11.8 Å². The number of H-pyrrole nitrogens is 1. The van der Waals surface area contributed by atoms with Gasteiger partial charge in [0.2, 0.25) is 5.91 Å². The SMILES string of the molecule is Cc1nc2c([nH]1)CN(C(=O)[C@H](C)n1cnnn1)CC2. The Hall–Kier alpha value is -2.25. The molecule has 0 saturated heterocycles. The summed E-state index contributed by atoms with van der Waals surface area (Å²) in [6.07, 6.45) is 2.24. The minimum absolute atomic E-state index is 0.0187. The van der Waals surface area contributed by atoms with Gasteiger partial charge >= 0.3 is 0 Å². The van der Waals surface area contributed by atoms with E-state index in [4.69, 9.17) is 0 Å². The lowest BCUT2D eigenvalue weighted by Crippen LogP contribution is -2.40. The number of carbonyl (C=O) groups excluding carboxylic acids is 1. The molecule has 8 nitrogen and oxygen atoms in total. The average Bonchev–Trinajstić information content (AvgIpc) is 3.03. The molecule has 0 aliphatic carbocycles. The third-order valence-electron chi connectivity index (χ3n) is 3.38. The van der Waals surface area contributed by atoms with Gasteiger partial charge in [0.25, 0.3) is 0 Å². The minimum Gasteiger partial charge on any atom is -0.344 e. The van der Waals surface area contributed by atoms with Crippen molar-refractivity contribution in [2.24, 2.45) is 0 Å². The van der Waals surface area contributed by atoms with E-state index in [2.05, 4.69) is 25.5 Å². The van der Waals surface area contributed by atoms with Crippen LogP contribution in [0.1, 0.15) is 30.2 Å². The second-order valence-corrected chi connectivity index (χ2v) is 4.72. The van der Waals surface area contributed by atoms with Gasteiger partial charge in [-0.1, -0.05) is 0 Å². The lowest BCUT2D eigenvalue weighted by Gasteiger charge is -2.28. The number of carbonyl (C=O) groups is 1. The number of imidazole rings is 1. The number of rotatable bonds is 2. The number of nitrogens with one attached hydrogen (secondary N) is 1. The lowest BCUT2D eigenvalue weighted by molar-refractivity contribution is -0.135. The summed E-state index contributed by atoms with van der Waals surface area (Å²) in [4.78, 5) is 21.8. The van der Waals surface area contributed by atoms with Crippen LogP contribution in [-0.4, -0.2) is 47.5 Å². The quantitative estimate of drug-likeness (QED) is 0.811. The molecule has 1 N–H and O–H groups in total. The monoisotopic (exact) mass is 261 g/mol. The summed E-state index contributed by atoms with van der Waals surface area (Å²) in [6, 6.07) is -0.388. The first-order valence-corrected chi connectivity index (χ1v) is 6.21. The average molecular weight is 261 g/mol. The molecule has 8 heteroatoms. The number of tetrazole rings is 1. The van der Waals surface area contributed by atoms with Crippen molar-refractivity contribution in [3.8, 4) is 0 Å². The van der Waals surface area contributed by atoms with Gasteiger partial charge in [-0.2, -0.15) is 0 Å². The van der Waals surface area contributed by atoms with Gasteiger partial charge in [-0.05, 0) is 24.3 Å². The van der Waals surface area contributed by atoms with Gasteiger partial charge in [-0.15, -0.1) is 5.10 Å². The Labute approximate surface area is 109 Å². The van der Waals surface area contributed by atoms with Crippen molar-refractivity contribution in [3.63, 3.8) is 0 Å². The molecule has 0 aromatic carbocycles. The fourth-order valence-electron chi connectivity index (χ4n) is 2.35. The standard InChI is InChI=1S/C11H15N7O/c1-7(18-6-12-15-16-18)11(19)17-4-3-9-10(5-17)14-8(2)13-9/h6-7H,3-5H2,1-2H3,(H,13,14)/t7-/m0/s1. The van der Waals surface area contributed by atoms with Crippen LogP contribution in [0.25, 0.3) is 0 Å². The zero-order valence-corrected chi connectivity index (χ0v) is 10.9. The van der Waals surface area contributed by atoms with Gasteiger partial charge in [-0.3, -0.25) is 4.79 Å². The zero-order valence-electron chi connectivity index (χ0n) is 10.9. The first kappa shape index (κ1) is 11.8. The maximum absolute atomic E-state index is 12.4. The summed E-state index contributed by atoms with van der Waals surface area (Å²) < 4.78 is 1.47. The molecule has 0 radical (unpaired) electrons. The van der Waals surface area contributed by atoms with E-state index < -0.39 is 0 Å². The zero-order chi connectivity index (χ0) is 13.4. The summed E-state index contributed by atoms with van der Waals surface area (Å²) >= 11 is 0. The minimum atomic E-state index is -0.388. The summed E-state index contributed by atoms with van der Waals surface area (Å²) in [6.45, 7) is 4.98. The van der Waals surface area contributed by atoms with Crippen molar-refractivity contribution < 1.29 is 4.79 Å². The van der Waals surface area contributed by atoms with E-state index in [1.165, 1.54) is 11.0 Å². The molecule has 0 spiro atoms. The second-order valence-electron chi connectivity index (χ2n) is 4.72. The Kier molecular flexibility index (Phi) is 2.77. The maximum Gasteiger partial charge on any atom is 0.247 e.